The fraction of sp³-hybridized carbons (Fsp3) is 0.368. The Labute approximate surface area is 117 Å². The first-order valence-electron chi connectivity index (χ1n) is 7.37. The van der Waals surface area contributed by atoms with Gasteiger partial charge in [0, 0.05) is 5.41 Å². The summed E-state index contributed by atoms with van der Waals surface area (Å²) in [4.78, 5) is 0. The van der Waals surface area contributed by atoms with Crippen LogP contribution in [0.2, 0.25) is 0 Å². The number of allylic oxidation sites excluding steroid dienone is 6. The fourth-order valence-electron chi connectivity index (χ4n) is 2.78. The van der Waals surface area contributed by atoms with Gasteiger partial charge in [0.15, 0.2) is 0 Å². The number of unbranched alkanes of at least 4 members (excludes halogenated alkanes) is 1. The van der Waals surface area contributed by atoms with E-state index in [0.29, 0.717) is 0 Å². The van der Waals surface area contributed by atoms with Crippen LogP contribution in [0.15, 0.2) is 66.3 Å². The van der Waals surface area contributed by atoms with E-state index in [2.05, 4.69) is 74.6 Å². The molecule has 0 nitrogen and oxygen atoms in total. The Bertz CT molecular complexity index is 476. The van der Waals surface area contributed by atoms with Crippen LogP contribution in [0.1, 0.15) is 45.1 Å². The molecular formula is C19H24. The number of hydrogen-bond acceptors (Lipinski definition) is 0. The van der Waals surface area contributed by atoms with E-state index >= 15 is 0 Å². The lowest BCUT2D eigenvalue weighted by Crippen LogP contribution is -2.24. The van der Waals surface area contributed by atoms with Gasteiger partial charge >= 0.3 is 0 Å². The largest absolute Gasteiger partial charge is 0.0807 e. The Morgan fingerprint density at radius 2 is 1.89 bits per heavy atom. The highest BCUT2D eigenvalue weighted by Crippen LogP contribution is 2.38. The first-order valence-corrected chi connectivity index (χ1v) is 7.37. The molecule has 0 bridgehead atoms. The Hall–Kier alpha value is -1.56. The molecule has 1 unspecified atom stereocenters. The first kappa shape index (κ1) is 13.9. The molecule has 0 spiro atoms. The summed E-state index contributed by atoms with van der Waals surface area (Å²) in [5, 5.41) is 0. The lowest BCUT2D eigenvalue weighted by Gasteiger charge is -2.32. The fourth-order valence-corrected chi connectivity index (χ4v) is 2.78. The van der Waals surface area contributed by atoms with Crippen molar-refractivity contribution >= 4 is 0 Å². The van der Waals surface area contributed by atoms with Gasteiger partial charge in [-0.15, -0.1) is 0 Å². The molecular weight excluding hydrogens is 228 g/mol. The van der Waals surface area contributed by atoms with Gasteiger partial charge in [-0.1, -0.05) is 87.4 Å². The minimum Gasteiger partial charge on any atom is -0.0807 e. The molecule has 0 aromatic heterocycles. The van der Waals surface area contributed by atoms with Gasteiger partial charge in [0.05, 0.1) is 0 Å². The summed E-state index contributed by atoms with van der Waals surface area (Å²) in [6, 6.07) is 10.9. The third kappa shape index (κ3) is 3.26. The van der Waals surface area contributed by atoms with Crippen molar-refractivity contribution in [2.45, 2.75) is 44.9 Å². The molecule has 0 N–H and O–H groups in total. The standard InChI is InChI=1S/C19H24/c1-3-4-16-19(2,18-14-10-7-11-15-18)17-12-8-5-6-9-13-17/h5-8,10-15H,3-4,9,16H2,1-2H3. The van der Waals surface area contributed by atoms with E-state index in [1.54, 1.807) is 0 Å². The first-order chi connectivity index (χ1) is 9.27. The van der Waals surface area contributed by atoms with Crippen LogP contribution in [-0.4, -0.2) is 0 Å². The molecule has 0 heterocycles. The van der Waals surface area contributed by atoms with Crippen molar-refractivity contribution in [1.29, 1.82) is 0 Å². The quantitative estimate of drug-likeness (QED) is 0.642. The van der Waals surface area contributed by atoms with E-state index in [0.717, 1.165) is 6.42 Å². The van der Waals surface area contributed by atoms with Crippen LogP contribution in [0.5, 0.6) is 0 Å². The molecule has 19 heavy (non-hydrogen) atoms. The van der Waals surface area contributed by atoms with Crippen LogP contribution in [-0.2, 0) is 5.41 Å². The van der Waals surface area contributed by atoms with E-state index in [-0.39, 0.29) is 5.41 Å². The Balaban J connectivity index is 2.37. The Morgan fingerprint density at radius 3 is 2.63 bits per heavy atom. The van der Waals surface area contributed by atoms with E-state index in [1.165, 1.54) is 30.4 Å². The maximum atomic E-state index is 2.39. The molecule has 1 aromatic rings. The second-order valence-electron chi connectivity index (χ2n) is 5.48. The number of benzene rings is 1. The van der Waals surface area contributed by atoms with Gasteiger partial charge in [-0.05, 0) is 24.0 Å². The van der Waals surface area contributed by atoms with Crippen molar-refractivity contribution < 1.29 is 0 Å². The van der Waals surface area contributed by atoms with Crippen molar-refractivity contribution in [3.05, 3.63) is 71.8 Å². The maximum Gasteiger partial charge on any atom is 0.0171 e. The second-order valence-corrected chi connectivity index (χ2v) is 5.48. The van der Waals surface area contributed by atoms with Gasteiger partial charge in [0.25, 0.3) is 0 Å². The molecule has 1 atom stereocenters. The molecule has 0 heteroatoms. The van der Waals surface area contributed by atoms with E-state index < -0.39 is 0 Å². The monoisotopic (exact) mass is 252 g/mol. The summed E-state index contributed by atoms with van der Waals surface area (Å²) in [5.41, 5.74) is 3.03. The van der Waals surface area contributed by atoms with Crippen LogP contribution in [0.3, 0.4) is 0 Å². The summed E-state index contributed by atoms with van der Waals surface area (Å²) in [5.74, 6) is 0. The SMILES string of the molecule is CCCCC(C)(C1=CCC=CC=C1)c1ccccc1. The lowest BCUT2D eigenvalue weighted by atomic mass is 9.72. The van der Waals surface area contributed by atoms with Gasteiger partial charge in [-0.25, -0.2) is 0 Å². The number of hydrogen-bond donors (Lipinski definition) is 0. The molecule has 1 aliphatic rings. The van der Waals surface area contributed by atoms with E-state index in [9.17, 15) is 0 Å². The van der Waals surface area contributed by atoms with Gasteiger partial charge in [-0.3, -0.25) is 0 Å². The van der Waals surface area contributed by atoms with Crippen LogP contribution in [0.4, 0.5) is 0 Å². The molecule has 2 rings (SSSR count). The summed E-state index contributed by atoms with van der Waals surface area (Å²) < 4.78 is 0. The van der Waals surface area contributed by atoms with E-state index in [1.807, 2.05) is 0 Å². The van der Waals surface area contributed by atoms with Crippen molar-refractivity contribution in [3.8, 4) is 0 Å². The topological polar surface area (TPSA) is 0 Å². The molecule has 0 aliphatic heterocycles. The minimum absolute atomic E-state index is 0.139. The summed E-state index contributed by atoms with van der Waals surface area (Å²) in [6.07, 6.45) is 16.0. The smallest absolute Gasteiger partial charge is 0.0171 e. The third-order valence-corrected chi connectivity index (χ3v) is 4.08. The third-order valence-electron chi connectivity index (χ3n) is 4.08. The highest BCUT2D eigenvalue weighted by molar-refractivity contribution is 5.42. The summed E-state index contributed by atoms with van der Waals surface area (Å²) in [6.45, 7) is 4.66. The normalized spacial score (nSPS) is 17.7. The van der Waals surface area contributed by atoms with Crippen LogP contribution < -0.4 is 0 Å². The zero-order valence-electron chi connectivity index (χ0n) is 12.1. The molecule has 0 saturated carbocycles. The molecule has 1 aromatic carbocycles. The van der Waals surface area contributed by atoms with Gasteiger partial charge in [-0.2, -0.15) is 0 Å². The Morgan fingerprint density at radius 1 is 1.11 bits per heavy atom. The highest BCUT2D eigenvalue weighted by atomic mass is 14.3. The molecule has 100 valence electrons. The van der Waals surface area contributed by atoms with Gasteiger partial charge in [0.1, 0.15) is 0 Å². The molecule has 1 aliphatic carbocycles. The van der Waals surface area contributed by atoms with Crippen molar-refractivity contribution in [2.24, 2.45) is 0 Å². The summed E-state index contributed by atoms with van der Waals surface area (Å²) >= 11 is 0. The molecule has 0 fully saturated rings. The van der Waals surface area contributed by atoms with E-state index in [4.69, 9.17) is 0 Å². The zero-order chi connectivity index (χ0) is 13.6. The average Bonchev–Trinajstić information content (AvgIpc) is 2.75. The predicted octanol–water partition coefficient (Wildman–Crippen LogP) is 5.58. The molecule has 0 amide bonds. The minimum atomic E-state index is 0.139. The van der Waals surface area contributed by atoms with Crippen molar-refractivity contribution in [1.82, 2.24) is 0 Å². The van der Waals surface area contributed by atoms with Crippen LogP contribution in [0, 0.1) is 0 Å². The van der Waals surface area contributed by atoms with Crippen LogP contribution >= 0.6 is 0 Å². The zero-order valence-corrected chi connectivity index (χ0v) is 12.1. The van der Waals surface area contributed by atoms with Crippen molar-refractivity contribution in [2.75, 3.05) is 0 Å². The highest BCUT2D eigenvalue weighted by Gasteiger charge is 2.28. The predicted molar refractivity (Wildman–Crippen MR) is 84.3 cm³/mol. The average molecular weight is 252 g/mol. The summed E-state index contributed by atoms with van der Waals surface area (Å²) in [7, 11) is 0. The second kappa shape index (κ2) is 6.56. The Kier molecular flexibility index (Phi) is 4.79. The van der Waals surface area contributed by atoms with Gasteiger partial charge < -0.3 is 0 Å². The van der Waals surface area contributed by atoms with Crippen LogP contribution in [0.25, 0.3) is 0 Å². The number of rotatable bonds is 5. The maximum absolute atomic E-state index is 2.39. The lowest BCUT2D eigenvalue weighted by molar-refractivity contribution is 0.491. The molecule has 0 saturated heterocycles. The molecule has 0 radical (unpaired) electrons. The van der Waals surface area contributed by atoms with Crippen molar-refractivity contribution in [3.63, 3.8) is 0 Å². The van der Waals surface area contributed by atoms with Gasteiger partial charge in [0.2, 0.25) is 0 Å².